The second-order valence-electron chi connectivity index (χ2n) is 10.1. The summed E-state index contributed by atoms with van der Waals surface area (Å²) in [7, 11) is 10.5. The third-order valence-electron chi connectivity index (χ3n) is 7.24. The average molecular weight is 637 g/mol. The molecule has 0 aromatic carbocycles. The SMILES string of the molecule is CCC1=CCC(NPP)C(OC2C(C)CC(NP(P)PP)C(OC3OCC(C)(O)C(NC)C3O)C2O)O1. The second kappa shape index (κ2) is 15.3. The van der Waals surface area contributed by atoms with E-state index < -0.39 is 56.1 Å². The fourth-order valence-electron chi connectivity index (χ4n) is 5.27. The lowest BCUT2D eigenvalue weighted by Crippen LogP contribution is -2.67. The molecule has 16 heteroatoms. The first kappa shape index (κ1) is 33.3. The highest BCUT2D eigenvalue weighted by Crippen LogP contribution is 2.63. The van der Waals surface area contributed by atoms with Gasteiger partial charge in [0.25, 0.3) is 0 Å². The Morgan fingerprint density at radius 1 is 1.19 bits per heavy atom. The molecule has 3 aliphatic rings. The molecular weight excluding hydrogens is 592 g/mol. The molecule has 0 aromatic heterocycles. The molecule has 2 aliphatic heterocycles. The lowest BCUT2D eigenvalue weighted by molar-refractivity contribution is -0.306. The molecule has 0 aromatic rings. The molecule has 2 fully saturated rings. The lowest BCUT2D eigenvalue weighted by Gasteiger charge is -2.49. The Balaban J connectivity index is 1.81. The van der Waals surface area contributed by atoms with E-state index in [2.05, 4.69) is 55.3 Å². The number of aliphatic hydroxyl groups is 3. The van der Waals surface area contributed by atoms with Crippen LogP contribution in [0.3, 0.4) is 0 Å². The van der Waals surface area contributed by atoms with Gasteiger partial charge in [-0.3, -0.25) is 10.2 Å². The molecule has 0 bridgehead atoms. The summed E-state index contributed by atoms with van der Waals surface area (Å²) in [4.78, 5) is 0. The Hall–Kier alpha value is 1.76. The van der Waals surface area contributed by atoms with E-state index in [0.717, 1.165) is 18.6 Å². The van der Waals surface area contributed by atoms with Gasteiger partial charge in [-0.25, -0.2) is 0 Å². The minimum absolute atomic E-state index is 0.00794. The van der Waals surface area contributed by atoms with E-state index in [1.165, 1.54) is 0 Å². The minimum atomic E-state index is -1.25. The highest BCUT2D eigenvalue weighted by molar-refractivity contribution is 8.60. The summed E-state index contributed by atoms with van der Waals surface area (Å²) < 4.78 is 24.8. The van der Waals surface area contributed by atoms with Crippen LogP contribution in [-0.4, -0.2) is 89.7 Å². The minimum Gasteiger partial charge on any atom is -0.468 e. The molecule has 1 saturated carbocycles. The summed E-state index contributed by atoms with van der Waals surface area (Å²) in [6.07, 6.45) is -0.553. The molecule has 2 heterocycles. The number of ether oxygens (including phenoxy) is 4. The Morgan fingerprint density at radius 3 is 2.51 bits per heavy atom. The molecule has 10 nitrogen and oxygen atoms in total. The van der Waals surface area contributed by atoms with Gasteiger partial charge in [0.15, 0.2) is 6.29 Å². The number of hydrogen-bond donors (Lipinski definition) is 6. The molecule has 3 rings (SSSR count). The monoisotopic (exact) mass is 637 g/mol. The largest absolute Gasteiger partial charge is 0.468 e. The summed E-state index contributed by atoms with van der Waals surface area (Å²) in [6, 6.07) is -0.846. The summed E-state index contributed by atoms with van der Waals surface area (Å²) in [5, 5.41) is 43.3. The van der Waals surface area contributed by atoms with Crippen LogP contribution in [0.15, 0.2) is 11.8 Å². The number of aliphatic hydroxyl groups excluding tert-OH is 2. The molecule has 17 unspecified atom stereocenters. The fourth-order valence-corrected chi connectivity index (χ4v) is 9.03. The van der Waals surface area contributed by atoms with Gasteiger partial charge in [0.2, 0.25) is 6.29 Å². The smallest absolute Gasteiger partial charge is 0.215 e. The van der Waals surface area contributed by atoms with Crippen LogP contribution in [0, 0.1) is 5.92 Å². The predicted octanol–water partition coefficient (Wildman–Crippen LogP) is 2.12. The number of rotatable bonds is 11. The van der Waals surface area contributed by atoms with Crippen LogP contribution in [0.5, 0.6) is 0 Å². The van der Waals surface area contributed by atoms with E-state index in [9.17, 15) is 15.3 Å². The molecule has 0 spiro atoms. The molecule has 6 N–H and O–H groups in total. The van der Waals surface area contributed by atoms with Crippen LogP contribution in [0.1, 0.15) is 40.0 Å². The van der Waals surface area contributed by atoms with Crippen molar-refractivity contribution in [3.8, 4) is 0 Å². The van der Waals surface area contributed by atoms with Gasteiger partial charge < -0.3 is 39.6 Å². The van der Waals surface area contributed by atoms with E-state index in [0.29, 0.717) is 22.8 Å². The molecule has 0 amide bonds. The van der Waals surface area contributed by atoms with Crippen molar-refractivity contribution < 1.29 is 34.3 Å². The van der Waals surface area contributed by atoms with Crippen molar-refractivity contribution in [3.63, 3.8) is 0 Å². The third kappa shape index (κ3) is 8.41. The van der Waals surface area contributed by atoms with Gasteiger partial charge in [0.05, 0.1) is 30.6 Å². The first-order valence-corrected chi connectivity index (χ1v) is 22.0. The van der Waals surface area contributed by atoms with Crippen molar-refractivity contribution in [2.75, 3.05) is 13.7 Å². The highest BCUT2D eigenvalue weighted by Gasteiger charge is 2.51. The molecule has 1 aliphatic carbocycles. The van der Waals surface area contributed by atoms with Crippen LogP contribution in [0.4, 0.5) is 0 Å². The maximum atomic E-state index is 11.7. The van der Waals surface area contributed by atoms with Crippen LogP contribution in [0.25, 0.3) is 0 Å². The Labute approximate surface area is 232 Å². The highest BCUT2D eigenvalue weighted by atomic mass is 32.6. The van der Waals surface area contributed by atoms with Crippen LogP contribution in [-0.2, 0) is 18.9 Å². The molecule has 17 atom stereocenters. The van der Waals surface area contributed by atoms with Crippen molar-refractivity contribution >= 4 is 50.6 Å². The van der Waals surface area contributed by atoms with E-state index in [1.54, 1.807) is 14.0 Å². The molecule has 1 saturated heterocycles. The van der Waals surface area contributed by atoms with E-state index >= 15 is 0 Å². The zero-order valence-electron chi connectivity index (χ0n) is 21.8. The Kier molecular flexibility index (Phi) is 13.8. The normalized spacial score (nSPS) is 44.3. The number of allylic oxidation sites excluding steroid dienone is 1. The molecule has 216 valence electrons. The van der Waals surface area contributed by atoms with Gasteiger partial charge >= 0.3 is 0 Å². The van der Waals surface area contributed by atoms with Gasteiger partial charge in [-0.15, -0.1) is 8.93 Å². The maximum Gasteiger partial charge on any atom is 0.215 e. The predicted molar refractivity (Wildman–Crippen MR) is 163 cm³/mol. The topological polar surface area (TPSA) is 134 Å². The Bertz CT molecular complexity index is 759. The number of nitrogens with one attached hydrogen (secondary N) is 3. The summed E-state index contributed by atoms with van der Waals surface area (Å²) in [6.45, 7) is 5.73. The zero-order valence-corrected chi connectivity index (χ0v) is 28.2. The van der Waals surface area contributed by atoms with Gasteiger partial charge in [-0.1, -0.05) is 39.7 Å². The van der Waals surface area contributed by atoms with Gasteiger partial charge in [0, 0.05) is 19.9 Å². The number of hydrogen-bond acceptors (Lipinski definition) is 10. The van der Waals surface area contributed by atoms with Crippen molar-refractivity contribution in [1.29, 1.82) is 0 Å². The summed E-state index contributed by atoms with van der Waals surface area (Å²) >= 11 is 0. The molecule has 37 heavy (non-hydrogen) atoms. The average Bonchev–Trinajstić information content (AvgIpc) is 2.86. The van der Waals surface area contributed by atoms with E-state index in [1.807, 2.05) is 6.92 Å². The van der Waals surface area contributed by atoms with Crippen LogP contribution < -0.4 is 15.5 Å². The first-order valence-electron chi connectivity index (χ1n) is 12.6. The van der Waals surface area contributed by atoms with Crippen molar-refractivity contribution in [2.45, 2.75) is 101 Å². The van der Waals surface area contributed by atoms with Gasteiger partial charge in [0.1, 0.15) is 23.9 Å². The van der Waals surface area contributed by atoms with Crippen molar-refractivity contribution in [1.82, 2.24) is 15.5 Å². The summed E-state index contributed by atoms with van der Waals surface area (Å²) in [5.41, 5.74) is -1.25. The van der Waals surface area contributed by atoms with Crippen LogP contribution in [0.2, 0.25) is 0 Å². The standard InChI is InChI=1S/C21H45N3O7P6/c1-5-11-6-7-12(23-35-32)19(29-11)30-16-10(2)8-13(24-37(34)36-33)17(14(16)25)31-20-15(26)18(22-4)21(3,27)9-28-20/h6,10,12-20,22-27,35-36H,5,7-9,32-34H2,1-4H3. The van der Waals surface area contributed by atoms with E-state index in [4.69, 9.17) is 18.9 Å². The van der Waals surface area contributed by atoms with Crippen molar-refractivity contribution in [2.24, 2.45) is 5.92 Å². The first-order chi connectivity index (χ1) is 17.6. The zero-order chi connectivity index (χ0) is 27.3. The molecule has 0 radical (unpaired) electrons. The van der Waals surface area contributed by atoms with Gasteiger partial charge in [-0.05, 0) is 47.2 Å². The summed E-state index contributed by atoms with van der Waals surface area (Å²) in [5.74, 6) is 0.912. The number of likely N-dealkylation sites (N-methyl/N-ethyl adjacent to an activating group) is 1. The quantitative estimate of drug-likeness (QED) is 0.187. The lowest BCUT2D eigenvalue weighted by atomic mass is 9.80. The Morgan fingerprint density at radius 2 is 1.89 bits per heavy atom. The second-order valence-corrected chi connectivity index (χ2v) is 20.4. The maximum absolute atomic E-state index is 11.7. The van der Waals surface area contributed by atoms with Crippen LogP contribution >= 0.6 is 50.6 Å². The fraction of sp³-hybridized carbons (Fsp3) is 0.905. The van der Waals surface area contributed by atoms with E-state index in [-0.39, 0.29) is 24.6 Å². The van der Waals surface area contributed by atoms with Gasteiger partial charge in [-0.2, -0.15) is 0 Å². The molecular formula is C21H45N3O7P6. The van der Waals surface area contributed by atoms with Crippen molar-refractivity contribution in [3.05, 3.63) is 11.8 Å². The third-order valence-corrected chi connectivity index (χ3v) is 17.4.